The van der Waals surface area contributed by atoms with Crippen LogP contribution < -0.4 is 11.1 Å². The molecule has 0 aliphatic carbocycles. The summed E-state index contributed by atoms with van der Waals surface area (Å²) in [6.45, 7) is 5.18. The van der Waals surface area contributed by atoms with Crippen molar-refractivity contribution in [2.24, 2.45) is 0 Å². The average molecular weight is 352 g/mol. The summed E-state index contributed by atoms with van der Waals surface area (Å²) < 4.78 is 6.00. The highest BCUT2D eigenvalue weighted by Crippen LogP contribution is 2.20. The standard InChI is InChI=1S/C15H20N4O4S/c1-15(2,3)16-11(20)8-18(4)12(21)9-19-14(22)23-13(17-19)10-6-5-7-24-10/h5-7H,8-9H2,1-4H3,(H,16,20). The van der Waals surface area contributed by atoms with Gasteiger partial charge < -0.3 is 14.6 Å². The van der Waals surface area contributed by atoms with Crippen LogP contribution in [0.4, 0.5) is 0 Å². The molecule has 0 unspecified atom stereocenters. The molecule has 2 rings (SSSR count). The van der Waals surface area contributed by atoms with Gasteiger partial charge in [0.1, 0.15) is 6.54 Å². The average Bonchev–Trinajstić information content (AvgIpc) is 3.06. The number of aromatic nitrogens is 2. The molecule has 0 atom stereocenters. The Morgan fingerprint density at radius 3 is 2.71 bits per heavy atom. The lowest BCUT2D eigenvalue weighted by Crippen LogP contribution is -2.47. The molecule has 0 fully saturated rings. The first-order valence-corrected chi connectivity index (χ1v) is 8.20. The minimum Gasteiger partial charge on any atom is -0.387 e. The van der Waals surface area contributed by atoms with E-state index in [1.807, 2.05) is 32.2 Å². The zero-order valence-corrected chi connectivity index (χ0v) is 14.8. The lowest BCUT2D eigenvalue weighted by atomic mass is 10.1. The number of nitrogens with zero attached hydrogens (tertiary/aromatic N) is 3. The van der Waals surface area contributed by atoms with Gasteiger partial charge in [0.25, 0.3) is 5.89 Å². The zero-order chi connectivity index (χ0) is 17.9. The van der Waals surface area contributed by atoms with Gasteiger partial charge in [0.15, 0.2) is 0 Å². The summed E-state index contributed by atoms with van der Waals surface area (Å²) in [4.78, 5) is 37.8. The third-order valence-corrected chi connectivity index (χ3v) is 3.80. The number of amides is 2. The molecule has 0 saturated heterocycles. The second-order valence-electron chi connectivity index (χ2n) is 6.36. The summed E-state index contributed by atoms with van der Waals surface area (Å²) in [7, 11) is 1.50. The number of likely N-dealkylation sites (N-methyl/N-ethyl adjacent to an activating group) is 1. The Bertz CT molecular complexity index is 770. The quantitative estimate of drug-likeness (QED) is 0.864. The van der Waals surface area contributed by atoms with Crippen LogP contribution in [0.3, 0.4) is 0 Å². The topological polar surface area (TPSA) is 97.4 Å². The van der Waals surface area contributed by atoms with Crippen LogP contribution in [-0.4, -0.2) is 45.6 Å². The van der Waals surface area contributed by atoms with Gasteiger partial charge in [0.05, 0.1) is 11.4 Å². The first-order valence-electron chi connectivity index (χ1n) is 7.32. The minimum absolute atomic E-state index is 0.0967. The number of carbonyl (C=O) groups excluding carboxylic acids is 2. The van der Waals surface area contributed by atoms with Gasteiger partial charge in [-0.25, -0.2) is 4.79 Å². The van der Waals surface area contributed by atoms with Crippen molar-refractivity contribution >= 4 is 23.2 Å². The Balaban J connectivity index is 1.99. The van der Waals surface area contributed by atoms with Crippen molar-refractivity contribution in [3.8, 4) is 10.8 Å². The van der Waals surface area contributed by atoms with Crippen LogP contribution in [0.15, 0.2) is 26.7 Å². The maximum Gasteiger partial charge on any atom is 0.437 e. The number of hydrogen-bond acceptors (Lipinski definition) is 6. The molecule has 24 heavy (non-hydrogen) atoms. The van der Waals surface area contributed by atoms with Crippen LogP contribution in [0.5, 0.6) is 0 Å². The third-order valence-electron chi connectivity index (χ3n) is 2.94. The molecule has 0 aromatic carbocycles. The highest BCUT2D eigenvalue weighted by atomic mass is 32.1. The van der Waals surface area contributed by atoms with E-state index in [1.165, 1.54) is 23.3 Å². The van der Waals surface area contributed by atoms with Crippen LogP contribution in [-0.2, 0) is 16.1 Å². The fourth-order valence-corrected chi connectivity index (χ4v) is 2.56. The lowest BCUT2D eigenvalue weighted by Gasteiger charge is -2.23. The van der Waals surface area contributed by atoms with Crippen molar-refractivity contribution in [1.29, 1.82) is 0 Å². The molecular formula is C15H20N4O4S. The molecule has 2 aromatic rings. The van der Waals surface area contributed by atoms with E-state index in [1.54, 1.807) is 6.07 Å². The van der Waals surface area contributed by atoms with E-state index in [2.05, 4.69) is 10.4 Å². The van der Waals surface area contributed by atoms with Gasteiger partial charge in [-0.2, -0.15) is 4.68 Å². The van der Waals surface area contributed by atoms with Crippen LogP contribution in [0.2, 0.25) is 0 Å². The Morgan fingerprint density at radius 1 is 1.42 bits per heavy atom. The van der Waals surface area contributed by atoms with E-state index in [9.17, 15) is 14.4 Å². The van der Waals surface area contributed by atoms with Crippen molar-refractivity contribution < 1.29 is 14.0 Å². The minimum atomic E-state index is -0.709. The van der Waals surface area contributed by atoms with Gasteiger partial charge in [-0.15, -0.1) is 16.4 Å². The van der Waals surface area contributed by atoms with Crippen molar-refractivity contribution in [2.75, 3.05) is 13.6 Å². The van der Waals surface area contributed by atoms with Crippen LogP contribution in [0.25, 0.3) is 10.8 Å². The second kappa shape index (κ2) is 7.00. The van der Waals surface area contributed by atoms with Crippen molar-refractivity contribution in [1.82, 2.24) is 20.0 Å². The van der Waals surface area contributed by atoms with Gasteiger partial charge in [0, 0.05) is 12.6 Å². The number of nitrogens with one attached hydrogen (secondary N) is 1. The Morgan fingerprint density at radius 2 is 2.12 bits per heavy atom. The third kappa shape index (κ3) is 4.79. The summed E-state index contributed by atoms with van der Waals surface area (Å²) in [6.07, 6.45) is 0. The second-order valence-corrected chi connectivity index (χ2v) is 7.30. The zero-order valence-electron chi connectivity index (χ0n) is 14.0. The molecular weight excluding hydrogens is 332 g/mol. The van der Waals surface area contributed by atoms with E-state index in [-0.39, 0.29) is 30.4 Å². The lowest BCUT2D eigenvalue weighted by molar-refractivity contribution is -0.135. The van der Waals surface area contributed by atoms with E-state index >= 15 is 0 Å². The maximum atomic E-state index is 12.2. The largest absolute Gasteiger partial charge is 0.437 e. The molecule has 0 bridgehead atoms. The highest BCUT2D eigenvalue weighted by molar-refractivity contribution is 7.13. The van der Waals surface area contributed by atoms with Crippen molar-refractivity contribution in [2.45, 2.75) is 32.9 Å². The molecule has 8 nitrogen and oxygen atoms in total. The first kappa shape index (κ1) is 17.9. The molecule has 130 valence electrons. The van der Waals surface area contributed by atoms with E-state index < -0.39 is 11.7 Å². The number of carbonyl (C=O) groups is 2. The molecule has 0 spiro atoms. The van der Waals surface area contributed by atoms with E-state index in [0.29, 0.717) is 4.88 Å². The van der Waals surface area contributed by atoms with Gasteiger partial charge in [-0.1, -0.05) is 6.07 Å². The number of hydrogen-bond donors (Lipinski definition) is 1. The molecule has 0 radical (unpaired) electrons. The van der Waals surface area contributed by atoms with Crippen LogP contribution in [0.1, 0.15) is 20.8 Å². The molecule has 2 heterocycles. The summed E-state index contributed by atoms with van der Waals surface area (Å²) in [5.41, 5.74) is -0.375. The molecule has 9 heteroatoms. The Kier molecular flexibility index (Phi) is 5.23. The van der Waals surface area contributed by atoms with Crippen molar-refractivity contribution in [3.05, 3.63) is 28.1 Å². The summed E-state index contributed by atoms with van der Waals surface area (Å²) in [6, 6.07) is 3.58. The van der Waals surface area contributed by atoms with Gasteiger partial charge in [-0.05, 0) is 32.2 Å². The van der Waals surface area contributed by atoms with E-state index in [4.69, 9.17) is 4.42 Å². The smallest absolute Gasteiger partial charge is 0.387 e. The molecule has 0 saturated carbocycles. The predicted molar refractivity (Wildman–Crippen MR) is 89.6 cm³/mol. The van der Waals surface area contributed by atoms with Gasteiger partial charge >= 0.3 is 5.76 Å². The summed E-state index contributed by atoms with van der Waals surface area (Å²) >= 11 is 1.38. The molecule has 2 aromatic heterocycles. The van der Waals surface area contributed by atoms with E-state index in [0.717, 1.165) is 4.68 Å². The fraction of sp³-hybridized carbons (Fsp3) is 0.467. The van der Waals surface area contributed by atoms with Crippen molar-refractivity contribution in [3.63, 3.8) is 0 Å². The summed E-state index contributed by atoms with van der Waals surface area (Å²) in [5.74, 6) is -1.22. The summed E-state index contributed by atoms with van der Waals surface area (Å²) in [5, 5.41) is 8.62. The van der Waals surface area contributed by atoms with Crippen LogP contribution in [0, 0.1) is 0 Å². The van der Waals surface area contributed by atoms with Gasteiger partial charge in [-0.3, -0.25) is 9.59 Å². The number of rotatable bonds is 5. The molecule has 0 aliphatic heterocycles. The Labute approximate surface area is 143 Å². The first-order chi connectivity index (χ1) is 11.2. The molecule has 2 amide bonds. The Hall–Kier alpha value is -2.42. The molecule has 1 N–H and O–H groups in total. The fourth-order valence-electron chi connectivity index (χ4n) is 1.92. The normalized spacial score (nSPS) is 11.3. The maximum absolute atomic E-state index is 12.2. The SMILES string of the molecule is CN(CC(=O)NC(C)(C)C)C(=O)Cn1nc(-c2cccs2)oc1=O. The van der Waals surface area contributed by atoms with Gasteiger partial charge in [0.2, 0.25) is 11.8 Å². The highest BCUT2D eigenvalue weighted by Gasteiger charge is 2.20. The monoisotopic (exact) mass is 352 g/mol. The molecule has 0 aliphatic rings. The predicted octanol–water partition coefficient (Wildman–Crippen LogP) is 0.938. The number of thiophene rings is 1. The van der Waals surface area contributed by atoms with Crippen LogP contribution >= 0.6 is 11.3 Å².